The number of nitrogens with one attached hydrogen (secondary N) is 1. The van der Waals surface area contributed by atoms with Crippen LogP contribution >= 0.6 is 0 Å². The number of hydrogen-bond donors (Lipinski definition) is 2. The van der Waals surface area contributed by atoms with E-state index >= 15 is 0 Å². The molecule has 0 unspecified atom stereocenters. The Labute approximate surface area is 134 Å². The molecule has 3 aromatic rings. The Morgan fingerprint density at radius 2 is 1.52 bits per heavy atom. The fraction of sp³-hybridized carbons (Fsp3) is 0. The van der Waals surface area contributed by atoms with Crippen molar-refractivity contribution in [3.05, 3.63) is 77.7 Å². The number of anilines is 1. The maximum atomic E-state index is 12.2. The Kier molecular flexibility index (Phi) is 4.04. The summed E-state index contributed by atoms with van der Waals surface area (Å²) in [6, 6.07) is 19.3. The minimum Gasteiger partial charge on any atom is -0.507 e. The van der Waals surface area contributed by atoms with Gasteiger partial charge in [0.2, 0.25) is 0 Å². The van der Waals surface area contributed by atoms with Gasteiger partial charge < -0.3 is 5.11 Å². The van der Waals surface area contributed by atoms with E-state index < -0.39 is 10.0 Å². The molecule has 0 fully saturated rings. The molecule has 0 spiro atoms. The van der Waals surface area contributed by atoms with E-state index in [0.717, 1.165) is 11.0 Å². The van der Waals surface area contributed by atoms with E-state index in [-0.39, 0.29) is 5.75 Å². The largest absolute Gasteiger partial charge is 0.507 e. The molecule has 0 aliphatic carbocycles. The Morgan fingerprint density at radius 3 is 2.30 bits per heavy atom. The molecule has 0 aromatic heterocycles. The first-order valence-corrected chi connectivity index (χ1v) is 8.56. The van der Waals surface area contributed by atoms with Crippen LogP contribution in [0.5, 0.6) is 5.75 Å². The fourth-order valence-electron chi connectivity index (χ4n) is 2.30. The van der Waals surface area contributed by atoms with Crippen molar-refractivity contribution in [3.63, 3.8) is 0 Å². The summed E-state index contributed by atoms with van der Waals surface area (Å²) < 4.78 is 27.0. The first-order chi connectivity index (χ1) is 11.1. The normalized spacial score (nSPS) is 11.8. The van der Waals surface area contributed by atoms with Crippen molar-refractivity contribution in [3.8, 4) is 5.75 Å². The highest BCUT2D eigenvalue weighted by Crippen LogP contribution is 2.30. The Balaban J connectivity index is 1.92. The molecule has 5 heteroatoms. The van der Waals surface area contributed by atoms with Gasteiger partial charge in [-0.15, -0.1) is 0 Å². The number of phenolic OH excluding ortho intramolecular Hbond substituents is 1. The fourth-order valence-corrected chi connectivity index (χ4v) is 3.19. The molecule has 0 aliphatic rings. The molecule has 4 nitrogen and oxygen atoms in total. The van der Waals surface area contributed by atoms with Crippen LogP contribution < -0.4 is 4.72 Å². The lowest BCUT2D eigenvalue weighted by atomic mass is 10.1. The molecule has 0 saturated heterocycles. The van der Waals surface area contributed by atoms with Crippen LogP contribution in [0, 0.1) is 0 Å². The molecule has 0 atom stereocenters. The minimum absolute atomic E-state index is 0.114. The summed E-state index contributed by atoms with van der Waals surface area (Å²) in [4.78, 5) is 0. The quantitative estimate of drug-likeness (QED) is 0.763. The lowest BCUT2D eigenvalue weighted by Gasteiger charge is -2.09. The maximum absolute atomic E-state index is 12.2. The van der Waals surface area contributed by atoms with Crippen molar-refractivity contribution in [2.75, 3.05) is 4.72 Å². The summed E-state index contributed by atoms with van der Waals surface area (Å²) in [6.07, 6.45) is 1.53. The average Bonchev–Trinajstić information content (AvgIpc) is 2.55. The smallest absolute Gasteiger partial charge is 0.255 e. The number of rotatable bonds is 4. The molecular formula is C18H15NO3S. The van der Waals surface area contributed by atoms with Crippen LogP contribution in [0.25, 0.3) is 16.8 Å². The van der Waals surface area contributed by atoms with Gasteiger partial charge in [-0.25, -0.2) is 8.42 Å². The van der Waals surface area contributed by atoms with Crippen molar-refractivity contribution in [2.45, 2.75) is 0 Å². The molecule has 0 saturated carbocycles. The highest BCUT2D eigenvalue weighted by Gasteiger charge is 2.09. The first-order valence-electron chi connectivity index (χ1n) is 7.02. The van der Waals surface area contributed by atoms with E-state index in [9.17, 15) is 13.5 Å². The third-order valence-corrected chi connectivity index (χ3v) is 4.39. The maximum Gasteiger partial charge on any atom is 0.255 e. The van der Waals surface area contributed by atoms with Gasteiger partial charge >= 0.3 is 0 Å². The van der Waals surface area contributed by atoms with E-state index in [1.807, 2.05) is 30.3 Å². The van der Waals surface area contributed by atoms with E-state index in [1.54, 1.807) is 36.4 Å². The molecule has 0 heterocycles. The van der Waals surface area contributed by atoms with Crippen molar-refractivity contribution in [1.82, 2.24) is 0 Å². The zero-order chi connectivity index (χ0) is 16.3. The molecule has 2 N–H and O–H groups in total. The van der Waals surface area contributed by atoms with E-state index in [2.05, 4.69) is 4.72 Å². The summed E-state index contributed by atoms with van der Waals surface area (Å²) in [6.45, 7) is 0. The second kappa shape index (κ2) is 6.14. The Hall–Kier alpha value is -2.79. The van der Waals surface area contributed by atoms with Gasteiger partial charge in [0.1, 0.15) is 5.75 Å². The van der Waals surface area contributed by atoms with E-state index in [1.165, 1.54) is 6.08 Å². The molecule has 0 aliphatic heterocycles. The van der Waals surface area contributed by atoms with E-state index in [0.29, 0.717) is 16.5 Å². The monoisotopic (exact) mass is 325 g/mol. The summed E-state index contributed by atoms with van der Waals surface area (Å²) >= 11 is 0. The van der Waals surface area contributed by atoms with Gasteiger partial charge in [-0.05, 0) is 23.8 Å². The predicted molar refractivity (Wildman–Crippen MR) is 93.6 cm³/mol. The van der Waals surface area contributed by atoms with Crippen LogP contribution in [0.15, 0.2) is 72.1 Å². The van der Waals surface area contributed by atoms with Gasteiger partial charge in [0.15, 0.2) is 0 Å². The number of hydrogen-bond acceptors (Lipinski definition) is 3. The topological polar surface area (TPSA) is 66.4 Å². The molecule has 3 rings (SSSR count). The molecule has 23 heavy (non-hydrogen) atoms. The van der Waals surface area contributed by atoms with Crippen LogP contribution in [0.3, 0.4) is 0 Å². The molecule has 0 radical (unpaired) electrons. The molecule has 0 bridgehead atoms. The molecule has 116 valence electrons. The van der Waals surface area contributed by atoms with Gasteiger partial charge in [0, 0.05) is 10.8 Å². The first kappa shape index (κ1) is 15.1. The second-order valence-electron chi connectivity index (χ2n) is 5.04. The number of sulfonamides is 1. The van der Waals surface area contributed by atoms with Crippen molar-refractivity contribution in [2.24, 2.45) is 0 Å². The number of benzene rings is 3. The summed E-state index contributed by atoms with van der Waals surface area (Å²) in [5.74, 6) is 0.114. The molecule has 0 amide bonds. The number of phenols is 1. The highest BCUT2D eigenvalue weighted by atomic mass is 32.2. The SMILES string of the molecule is O=S(=O)(C=Cc1ccccc1)Nc1cccc2c(O)cccc12. The van der Waals surface area contributed by atoms with Crippen LogP contribution in [-0.2, 0) is 10.0 Å². The zero-order valence-corrected chi connectivity index (χ0v) is 13.0. The second-order valence-corrected chi connectivity index (χ2v) is 6.60. The number of aromatic hydroxyl groups is 1. The van der Waals surface area contributed by atoms with Crippen LogP contribution in [-0.4, -0.2) is 13.5 Å². The summed E-state index contributed by atoms with van der Waals surface area (Å²) in [5, 5.41) is 12.2. The summed E-state index contributed by atoms with van der Waals surface area (Å²) in [5.41, 5.74) is 1.23. The van der Waals surface area contributed by atoms with Gasteiger partial charge in [-0.2, -0.15) is 0 Å². The summed E-state index contributed by atoms with van der Waals surface area (Å²) in [7, 11) is -3.65. The van der Waals surface area contributed by atoms with Crippen molar-refractivity contribution >= 4 is 32.6 Å². The Bertz CT molecular complexity index is 964. The number of fused-ring (bicyclic) bond motifs is 1. The molecular weight excluding hydrogens is 310 g/mol. The van der Waals surface area contributed by atoms with Gasteiger partial charge in [-0.1, -0.05) is 54.6 Å². The van der Waals surface area contributed by atoms with Gasteiger partial charge in [-0.3, -0.25) is 4.72 Å². The molecule has 3 aromatic carbocycles. The lowest BCUT2D eigenvalue weighted by Crippen LogP contribution is -2.09. The van der Waals surface area contributed by atoms with E-state index in [4.69, 9.17) is 0 Å². The lowest BCUT2D eigenvalue weighted by molar-refractivity contribution is 0.481. The van der Waals surface area contributed by atoms with Crippen LogP contribution in [0.4, 0.5) is 5.69 Å². The predicted octanol–water partition coefficient (Wildman–Crippen LogP) is 3.96. The van der Waals surface area contributed by atoms with Gasteiger partial charge in [0.05, 0.1) is 11.1 Å². The van der Waals surface area contributed by atoms with Crippen molar-refractivity contribution in [1.29, 1.82) is 0 Å². The zero-order valence-electron chi connectivity index (χ0n) is 12.2. The third-order valence-electron chi connectivity index (χ3n) is 3.39. The Morgan fingerprint density at radius 1 is 0.826 bits per heavy atom. The highest BCUT2D eigenvalue weighted by molar-refractivity contribution is 7.95. The van der Waals surface area contributed by atoms with Gasteiger partial charge in [0.25, 0.3) is 10.0 Å². The van der Waals surface area contributed by atoms with Crippen LogP contribution in [0.2, 0.25) is 0 Å². The van der Waals surface area contributed by atoms with Crippen LogP contribution in [0.1, 0.15) is 5.56 Å². The average molecular weight is 325 g/mol. The standard InChI is InChI=1S/C18H15NO3S/c20-18-11-5-8-15-16(18)9-4-10-17(15)19-23(21,22)13-12-14-6-2-1-3-7-14/h1-13,19-20H. The third kappa shape index (κ3) is 3.52. The van der Waals surface area contributed by atoms with Crippen molar-refractivity contribution < 1.29 is 13.5 Å². The minimum atomic E-state index is -3.65.